The monoisotopic (exact) mass is 898 g/mol. The fraction of sp³-hybridized carbons (Fsp3) is 0.828. The van der Waals surface area contributed by atoms with Crippen LogP contribution in [0.1, 0.15) is 284 Å². The summed E-state index contributed by atoms with van der Waals surface area (Å²) in [6.45, 7) is 6.46. The number of nitrogens with one attached hydrogen (secondary N) is 1. The Hall–Kier alpha value is -2.18. The number of unbranched alkanes of at least 4 members (excludes halogenated alkanes) is 30. The molecule has 0 aliphatic heterocycles. The summed E-state index contributed by atoms with van der Waals surface area (Å²) in [6, 6.07) is -0.711. The molecular formula is C58H107NO5. The molecule has 1 amide bonds. The Morgan fingerprint density at radius 1 is 0.453 bits per heavy atom. The van der Waals surface area contributed by atoms with Crippen LogP contribution in [0.3, 0.4) is 0 Å². The second-order valence-electron chi connectivity index (χ2n) is 19.0. The lowest BCUT2D eigenvalue weighted by Gasteiger charge is -2.24. The number of aliphatic hydroxyl groups excluding tert-OH is 2. The number of hydrogen-bond acceptors (Lipinski definition) is 5. The number of aliphatic hydroxyl groups is 2. The normalized spacial score (nSPS) is 13.5. The number of amides is 1. The van der Waals surface area contributed by atoms with Gasteiger partial charge in [0, 0.05) is 6.42 Å². The van der Waals surface area contributed by atoms with Gasteiger partial charge in [-0.1, -0.05) is 230 Å². The summed E-state index contributed by atoms with van der Waals surface area (Å²) in [5, 5.41) is 23.8. The molecule has 3 unspecified atom stereocenters. The van der Waals surface area contributed by atoms with Gasteiger partial charge in [0.1, 0.15) is 6.10 Å². The van der Waals surface area contributed by atoms with E-state index in [1.54, 1.807) is 0 Å². The van der Waals surface area contributed by atoms with E-state index in [2.05, 4.69) is 74.7 Å². The molecular weight excluding hydrogens is 791 g/mol. The van der Waals surface area contributed by atoms with Crippen molar-refractivity contribution in [2.24, 2.45) is 0 Å². The first kappa shape index (κ1) is 61.8. The van der Waals surface area contributed by atoms with E-state index in [1.165, 1.54) is 148 Å². The van der Waals surface area contributed by atoms with Crippen molar-refractivity contribution in [3.05, 3.63) is 48.6 Å². The van der Waals surface area contributed by atoms with Gasteiger partial charge >= 0.3 is 5.97 Å². The van der Waals surface area contributed by atoms with Crippen LogP contribution in [0.15, 0.2) is 48.6 Å². The number of carbonyl (C=O) groups excluding carboxylic acids is 2. The van der Waals surface area contributed by atoms with Crippen molar-refractivity contribution in [1.29, 1.82) is 0 Å². The van der Waals surface area contributed by atoms with Crippen LogP contribution in [0.4, 0.5) is 0 Å². The van der Waals surface area contributed by atoms with Crippen LogP contribution < -0.4 is 5.32 Å². The average molecular weight is 898 g/mol. The zero-order valence-corrected chi connectivity index (χ0v) is 42.7. The predicted molar refractivity (Wildman–Crippen MR) is 278 cm³/mol. The van der Waals surface area contributed by atoms with Gasteiger partial charge in [0.2, 0.25) is 5.91 Å². The van der Waals surface area contributed by atoms with Crippen LogP contribution in [0.25, 0.3) is 0 Å². The van der Waals surface area contributed by atoms with Crippen molar-refractivity contribution in [2.45, 2.75) is 302 Å². The number of carbonyl (C=O) groups is 2. The average Bonchev–Trinajstić information content (AvgIpc) is 3.29. The third-order valence-corrected chi connectivity index (χ3v) is 12.6. The lowest BCUT2D eigenvalue weighted by atomic mass is 10.0. The minimum absolute atomic E-state index is 0.0590. The Balaban J connectivity index is 4.63. The standard InChI is InChI=1S/C58H107NO5/c1-4-7-10-13-16-19-22-25-27-29-31-33-36-39-42-45-48-51-58(63)64-54(49-46-43-40-37-34-32-30-28-26-23-20-17-14-11-8-5-2)52-57(62)59-55(53-60)56(61)50-47-44-41-38-35-24-21-18-15-12-9-6-3/h16,19,25,27,31-34,54-56,60-61H,4-15,17-18,20-24,26,28-30,35-53H2,1-3H3,(H,59,62)/b19-16-,27-25-,33-31-,34-32+. The highest BCUT2D eigenvalue weighted by Gasteiger charge is 2.24. The number of hydrogen-bond donors (Lipinski definition) is 3. The molecule has 0 aromatic heterocycles. The summed E-state index contributed by atoms with van der Waals surface area (Å²) in [6.07, 6.45) is 63.1. The van der Waals surface area contributed by atoms with Gasteiger partial charge in [-0.05, 0) is 89.9 Å². The van der Waals surface area contributed by atoms with Gasteiger partial charge < -0.3 is 20.3 Å². The van der Waals surface area contributed by atoms with Crippen molar-refractivity contribution in [3.63, 3.8) is 0 Å². The van der Waals surface area contributed by atoms with Crippen LogP contribution in [-0.4, -0.2) is 46.9 Å². The van der Waals surface area contributed by atoms with Crippen molar-refractivity contribution in [2.75, 3.05) is 6.61 Å². The summed E-state index contributed by atoms with van der Waals surface area (Å²) in [5.41, 5.74) is 0. The molecule has 0 aliphatic rings. The Labute approximate surface area is 397 Å². The zero-order valence-electron chi connectivity index (χ0n) is 42.7. The Bertz CT molecular complexity index is 1100. The lowest BCUT2D eigenvalue weighted by Crippen LogP contribution is -2.46. The zero-order chi connectivity index (χ0) is 46.7. The molecule has 0 aliphatic carbocycles. The Morgan fingerprint density at radius 3 is 1.27 bits per heavy atom. The van der Waals surface area contributed by atoms with Gasteiger partial charge in [0.25, 0.3) is 0 Å². The largest absolute Gasteiger partial charge is 0.462 e. The fourth-order valence-electron chi connectivity index (χ4n) is 8.37. The maximum atomic E-state index is 13.2. The molecule has 0 aromatic rings. The van der Waals surface area contributed by atoms with Crippen LogP contribution in [-0.2, 0) is 14.3 Å². The van der Waals surface area contributed by atoms with Crippen LogP contribution in [0.2, 0.25) is 0 Å². The molecule has 0 saturated heterocycles. The number of esters is 1. The van der Waals surface area contributed by atoms with E-state index in [0.29, 0.717) is 19.3 Å². The van der Waals surface area contributed by atoms with E-state index in [9.17, 15) is 19.8 Å². The van der Waals surface area contributed by atoms with Gasteiger partial charge in [-0.15, -0.1) is 0 Å². The molecule has 0 fully saturated rings. The first-order valence-electron chi connectivity index (χ1n) is 27.9. The molecule has 0 bridgehead atoms. The maximum Gasteiger partial charge on any atom is 0.306 e. The van der Waals surface area contributed by atoms with E-state index >= 15 is 0 Å². The van der Waals surface area contributed by atoms with E-state index in [-0.39, 0.29) is 24.9 Å². The maximum absolute atomic E-state index is 13.2. The summed E-state index contributed by atoms with van der Waals surface area (Å²) in [5.74, 6) is -0.506. The van der Waals surface area contributed by atoms with Gasteiger partial charge in [-0.25, -0.2) is 0 Å². The minimum Gasteiger partial charge on any atom is -0.462 e. The molecule has 6 heteroatoms. The van der Waals surface area contributed by atoms with Crippen molar-refractivity contribution in [3.8, 4) is 0 Å². The van der Waals surface area contributed by atoms with E-state index in [1.807, 2.05) is 0 Å². The third kappa shape index (κ3) is 46.4. The predicted octanol–water partition coefficient (Wildman–Crippen LogP) is 17.0. The molecule has 6 nitrogen and oxygen atoms in total. The molecule has 0 rings (SSSR count). The van der Waals surface area contributed by atoms with Gasteiger partial charge in [-0.2, -0.15) is 0 Å². The van der Waals surface area contributed by atoms with Gasteiger partial charge in [0.15, 0.2) is 0 Å². The van der Waals surface area contributed by atoms with Crippen molar-refractivity contribution < 1.29 is 24.5 Å². The third-order valence-electron chi connectivity index (χ3n) is 12.6. The first-order chi connectivity index (χ1) is 31.5. The number of rotatable bonds is 50. The molecule has 0 radical (unpaired) electrons. The number of ether oxygens (including phenoxy) is 1. The SMILES string of the molecule is CCCCC/C=C\C/C=C\C/C=C\CCCCCCC(=O)OC(CCCCC/C=C/CCCCCCCCCCC)CC(=O)NC(CO)C(O)CCCCCCCCCCCCCC. The molecule has 0 aromatic carbocycles. The molecule has 374 valence electrons. The molecule has 3 atom stereocenters. The van der Waals surface area contributed by atoms with Crippen LogP contribution in [0.5, 0.6) is 0 Å². The Morgan fingerprint density at radius 2 is 0.797 bits per heavy atom. The van der Waals surface area contributed by atoms with Crippen molar-refractivity contribution >= 4 is 11.9 Å². The summed E-state index contributed by atoms with van der Waals surface area (Å²) in [7, 11) is 0. The summed E-state index contributed by atoms with van der Waals surface area (Å²) in [4.78, 5) is 26.2. The topological polar surface area (TPSA) is 95.9 Å². The van der Waals surface area contributed by atoms with E-state index < -0.39 is 18.2 Å². The number of allylic oxidation sites excluding steroid dienone is 8. The molecule has 0 saturated carbocycles. The van der Waals surface area contributed by atoms with Crippen molar-refractivity contribution in [1.82, 2.24) is 5.32 Å². The highest BCUT2D eigenvalue weighted by molar-refractivity contribution is 5.77. The Kier molecular flexibility index (Phi) is 50.0. The summed E-state index contributed by atoms with van der Waals surface area (Å²) < 4.78 is 5.94. The molecule has 0 heterocycles. The second-order valence-corrected chi connectivity index (χ2v) is 19.0. The molecule has 3 N–H and O–H groups in total. The van der Waals surface area contributed by atoms with E-state index in [0.717, 1.165) is 89.9 Å². The lowest BCUT2D eigenvalue weighted by molar-refractivity contribution is -0.151. The highest BCUT2D eigenvalue weighted by Crippen LogP contribution is 2.18. The quantitative estimate of drug-likeness (QED) is 0.0321. The van der Waals surface area contributed by atoms with E-state index in [4.69, 9.17) is 4.74 Å². The highest BCUT2D eigenvalue weighted by atomic mass is 16.5. The minimum atomic E-state index is -0.795. The van der Waals surface area contributed by atoms with Crippen LogP contribution >= 0.6 is 0 Å². The smallest absolute Gasteiger partial charge is 0.306 e. The summed E-state index contributed by atoms with van der Waals surface area (Å²) >= 11 is 0. The van der Waals surface area contributed by atoms with Gasteiger partial charge in [-0.3, -0.25) is 9.59 Å². The van der Waals surface area contributed by atoms with Crippen LogP contribution in [0, 0.1) is 0 Å². The molecule has 0 spiro atoms. The fourth-order valence-corrected chi connectivity index (χ4v) is 8.37. The second kappa shape index (κ2) is 51.8. The van der Waals surface area contributed by atoms with Gasteiger partial charge in [0.05, 0.1) is 25.2 Å². The first-order valence-corrected chi connectivity index (χ1v) is 27.9. The molecule has 64 heavy (non-hydrogen) atoms.